The average Bonchev–Trinajstić information content (AvgIpc) is 2.62. The summed E-state index contributed by atoms with van der Waals surface area (Å²) in [5, 5.41) is 0.186. The highest BCUT2D eigenvalue weighted by atomic mass is 35.5. The van der Waals surface area contributed by atoms with Gasteiger partial charge in [-0.3, -0.25) is 9.10 Å². The molecule has 0 amide bonds. The molecular weight excluding hydrogens is 425 g/mol. The van der Waals surface area contributed by atoms with Crippen LogP contribution in [0.15, 0.2) is 47.4 Å². The van der Waals surface area contributed by atoms with Gasteiger partial charge in [0.15, 0.2) is 0 Å². The number of benzene rings is 2. The van der Waals surface area contributed by atoms with Crippen LogP contribution in [-0.2, 0) is 19.6 Å². The van der Waals surface area contributed by atoms with E-state index in [0.29, 0.717) is 12.4 Å². The fourth-order valence-electron chi connectivity index (χ4n) is 2.45. The molecule has 6 nitrogen and oxygen atoms in total. The summed E-state index contributed by atoms with van der Waals surface area (Å²) in [7, 11) is -4.24. The Morgan fingerprint density at radius 2 is 1.82 bits per heavy atom. The van der Waals surface area contributed by atoms with Gasteiger partial charge in [0.1, 0.15) is 17.2 Å². The highest BCUT2D eigenvalue weighted by molar-refractivity contribution is 7.93. The van der Waals surface area contributed by atoms with E-state index in [4.69, 9.17) is 32.7 Å². The van der Waals surface area contributed by atoms with Crippen molar-refractivity contribution in [2.75, 3.05) is 17.5 Å². The maximum absolute atomic E-state index is 13.4. The second-order valence-electron chi connectivity index (χ2n) is 6.03. The Morgan fingerprint density at radius 3 is 2.46 bits per heavy atom. The zero-order chi connectivity index (χ0) is 20.9. The van der Waals surface area contributed by atoms with Gasteiger partial charge in [0.25, 0.3) is 10.0 Å². The third-order valence-corrected chi connectivity index (χ3v) is 6.01. The van der Waals surface area contributed by atoms with Crippen molar-refractivity contribution in [1.82, 2.24) is 0 Å². The van der Waals surface area contributed by atoms with E-state index in [1.165, 1.54) is 18.2 Å². The van der Waals surface area contributed by atoms with Crippen molar-refractivity contribution in [3.8, 4) is 5.75 Å². The first-order valence-electron chi connectivity index (χ1n) is 8.56. The fraction of sp³-hybridized carbons (Fsp3) is 0.316. The van der Waals surface area contributed by atoms with Gasteiger partial charge in [-0.15, -0.1) is 0 Å². The predicted molar refractivity (Wildman–Crippen MR) is 110 cm³/mol. The van der Waals surface area contributed by atoms with Crippen LogP contribution in [0.2, 0.25) is 10.0 Å². The third-order valence-electron chi connectivity index (χ3n) is 3.53. The molecule has 0 spiro atoms. The second-order valence-corrected chi connectivity index (χ2v) is 8.70. The number of carbonyl (C=O) groups is 1. The molecule has 2 aromatic rings. The van der Waals surface area contributed by atoms with E-state index in [0.717, 1.165) is 4.31 Å². The van der Waals surface area contributed by atoms with E-state index in [9.17, 15) is 13.2 Å². The highest BCUT2D eigenvalue weighted by Gasteiger charge is 2.32. The Labute approximate surface area is 175 Å². The maximum atomic E-state index is 13.4. The van der Waals surface area contributed by atoms with Crippen molar-refractivity contribution < 1.29 is 22.7 Å². The second kappa shape index (κ2) is 9.49. The molecule has 0 bridgehead atoms. The lowest BCUT2D eigenvalue weighted by Gasteiger charge is -2.26. The van der Waals surface area contributed by atoms with Crippen molar-refractivity contribution in [1.29, 1.82) is 0 Å². The molecule has 152 valence electrons. The van der Waals surface area contributed by atoms with Gasteiger partial charge in [-0.1, -0.05) is 35.3 Å². The lowest BCUT2D eigenvalue weighted by molar-refractivity contribution is -0.145. The van der Waals surface area contributed by atoms with Gasteiger partial charge in [0, 0.05) is 5.02 Å². The Morgan fingerprint density at radius 1 is 1.14 bits per heavy atom. The van der Waals surface area contributed by atoms with Crippen LogP contribution in [0.5, 0.6) is 5.75 Å². The van der Waals surface area contributed by atoms with Crippen LogP contribution < -0.4 is 9.04 Å². The molecule has 0 aliphatic rings. The minimum Gasteiger partial charge on any atom is -0.492 e. The van der Waals surface area contributed by atoms with Crippen molar-refractivity contribution in [2.45, 2.75) is 31.8 Å². The Kier molecular flexibility index (Phi) is 7.57. The van der Waals surface area contributed by atoms with E-state index in [1.807, 2.05) is 0 Å². The molecule has 0 saturated carbocycles. The fourth-order valence-corrected chi connectivity index (χ4v) is 4.61. The third kappa shape index (κ3) is 5.31. The zero-order valence-electron chi connectivity index (χ0n) is 15.7. The van der Waals surface area contributed by atoms with Gasteiger partial charge in [0.05, 0.1) is 23.4 Å². The summed E-state index contributed by atoms with van der Waals surface area (Å²) in [5.41, 5.74) is 0.195. The number of hydrogen-bond donors (Lipinski definition) is 0. The number of esters is 1. The summed E-state index contributed by atoms with van der Waals surface area (Å²) < 4.78 is 38.4. The highest BCUT2D eigenvalue weighted by Crippen LogP contribution is 2.35. The Hall–Kier alpha value is -1.96. The van der Waals surface area contributed by atoms with Crippen molar-refractivity contribution in [3.63, 3.8) is 0 Å². The van der Waals surface area contributed by atoms with Gasteiger partial charge in [-0.05, 0) is 51.1 Å². The van der Waals surface area contributed by atoms with Crippen molar-refractivity contribution in [3.05, 3.63) is 52.5 Å². The molecule has 9 heteroatoms. The maximum Gasteiger partial charge on any atom is 0.327 e. The molecule has 2 rings (SSSR count). The van der Waals surface area contributed by atoms with E-state index in [-0.39, 0.29) is 20.6 Å². The number of nitrogens with zero attached hydrogens (tertiary/aromatic N) is 1. The first-order valence-corrected chi connectivity index (χ1v) is 10.8. The van der Waals surface area contributed by atoms with E-state index >= 15 is 0 Å². The molecule has 2 aromatic carbocycles. The van der Waals surface area contributed by atoms with Gasteiger partial charge in [0.2, 0.25) is 0 Å². The van der Waals surface area contributed by atoms with Gasteiger partial charge < -0.3 is 9.47 Å². The van der Waals surface area contributed by atoms with Crippen molar-refractivity contribution in [2.24, 2.45) is 0 Å². The molecule has 0 aromatic heterocycles. The molecule has 0 N–H and O–H groups in total. The molecule has 0 atom stereocenters. The molecule has 0 unspecified atom stereocenters. The van der Waals surface area contributed by atoms with Crippen LogP contribution in [0.4, 0.5) is 5.69 Å². The van der Waals surface area contributed by atoms with Crippen LogP contribution in [-0.4, -0.2) is 33.6 Å². The smallest absolute Gasteiger partial charge is 0.327 e. The lowest BCUT2D eigenvalue weighted by Crippen LogP contribution is -2.37. The quantitative estimate of drug-likeness (QED) is 0.557. The van der Waals surface area contributed by atoms with E-state index in [1.54, 1.807) is 45.0 Å². The summed E-state index contributed by atoms with van der Waals surface area (Å²) in [6.07, 6.45) is -0.394. The van der Waals surface area contributed by atoms with Gasteiger partial charge >= 0.3 is 5.97 Å². The van der Waals surface area contributed by atoms with Crippen molar-refractivity contribution >= 4 is 44.9 Å². The molecular formula is C19H21Cl2NO5S. The SMILES string of the molecule is CCOc1ccccc1N(CC(=O)OC(C)C)S(=O)(=O)c1cc(Cl)ccc1Cl. The van der Waals surface area contributed by atoms with E-state index in [2.05, 4.69) is 0 Å². The molecule has 0 aliphatic carbocycles. The van der Waals surface area contributed by atoms with Crippen LogP contribution >= 0.6 is 23.2 Å². The first kappa shape index (κ1) is 22.3. The summed E-state index contributed by atoms with van der Waals surface area (Å²) in [5.74, 6) is -0.396. The number of ether oxygens (including phenoxy) is 2. The summed E-state index contributed by atoms with van der Waals surface area (Å²) in [4.78, 5) is 12.1. The number of hydrogen-bond acceptors (Lipinski definition) is 5. The minimum atomic E-state index is -4.24. The van der Waals surface area contributed by atoms with Gasteiger partial charge in [-0.25, -0.2) is 8.42 Å². The van der Waals surface area contributed by atoms with E-state index < -0.39 is 28.6 Å². The van der Waals surface area contributed by atoms with Crippen LogP contribution in [0.3, 0.4) is 0 Å². The molecule has 0 saturated heterocycles. The minimum absolute atomic E-state index is 0.0134. The van der Waals surface area contributed by atoms with Crippen LogP contribution in [0.25, 0.3) is 0 Å². The molecule has 0 aliphatic heterocycles. The number of anilines is 1. The number of carbonyl (C=O) groups excluding carboxylic acids is 1. The first-order chi connectivity index (χ1) is 13.2. The standard InChI is InChI=1S/C19H21Cl2NO5S/c1-4-26-17-8-6-5-7-16(17)22(12-19(23)27-13(2)3)28(24,25)18-11-14(20)9-10-15(18)21/h5-11,13H,4,12H2,1-3H3. The zero-order valence-corrected chi connectivity index (χ0v) is 18.0. The molecule has 0 heterocycles. The van der Waals surface area contributed by atoms with Crippen LogP contribution in [0, 0.1) is 0 Å². The van der Waals surface area contributed by atoms with Gasteiger partial charge in [-0.2, -0.15) is 0 Å². The Bertz CT molecular complexity index is 947. The number of sulfonamides is 1. The molecule has 0 fully saturated rings. The largest absolute Gasteiger partial charge is 0.492 e. The number of rotatable bonds is 8. The Balaban J connectivity index is 2.61. The number of halogens is 2. The predicted octanol–water partition coefficient (Wildman–Crippen LogP) is 4.54. The molecule has 0 radical (unpaired) electrons. The van der Waals surface area contributed by atoms with Crippen LogP contribution in [0.1, 0.15) is 20.8 Å². The lowest BCUT2D eigenvalue weighted by atomic mass is 10.3. The normalized spacial score (nSPS) is 11.4. The number of para-hydroxylation sites is 2. The average molecular weight is 446 g/mol. The monoisotopic (exact) mass is 445 g/mol. The topological polar surface area (TPSA) is 72.9 Å². The summed E-state index contributed by atoms with van der Waals surface area (Å²) in [6, 6.07) is 10.6. The summed E-state index contributed by atoms with van der Waals surface area (Å²) >= 11 is 12.1. The molecule has 28 heavy (non-hydrogen) atoms. The summed E-state index contributed by atoms with van der Waals surface area (Å²) in [6.45, 7) is 4.90.